The van der Waals surface area contributed by atoms with Gasteiger partial charge in [-0.2, -0.15) is 16.1 Å². The van der Waals surface area contributed by atoms with Gasteiger partial charge < -0.3 is 4.74 Å². The van der Waals surface area contributed by atoms with E-state index < -0.39 is 5.97 Å². The molecule has 3 rings (SSSR count). The zero-order valence-electron chi connectivity index (χ0n) is 11.6. The second-order valence-electron chi connectivity index (χ2n) is 4.56. The molecule has 3 aromatic rings. The third kappa shape index (κ3) is 4.07. The van der Waals surface area contributed by atoms with Crippen molar-refractivity contribution in [3.63, 3.8) is 0 Å². The minimum atomic E-state index is -0.467. The molecule has 0 aliphatic rings. The zero-order valence-corrected chi connectivity index (χ0v) is 14.0. The number of carbonyl (C=O) groups excluding carboxylic acids is 1. The molecule has 0 N–H and O–H groups in total. The van der Waals surface area contributed by atoms with Crippen molar-refractivity contribution < 1.29 is 9.53 Å². The van der Waals surface area contributed by atoms with E-state index in [1.165, 1.54) is 16.1 Å². The van der Waals surface area contributed by atoms with Gasteiger partial charge in [-0.05, 0) is 34.4 Å². The highest BCUT2D eigenvalue weighted by atomic mass is 35.5. The molecule has 2 heterocycles. The maximum absolute atomic E-state index is 11.8. The van der Waals surface area contributed by atoms with Crippen LogP contribution in [0.5, 0.6) is 0 Å². The highest BCUT2D eigenvalue weighted by Crippen LogP contribution is 2.23. The van der Waals surface area contributed by atoms with Gasteiger partial charge in [-0.1, -0.05) is 29.3 Å². The number of halogens is 2. The Bertz CT molecular complexity index is 820. The second-order valence-corrected chi connectivity index (χ2v) is 6.16. The van der Waals surface area contributed by atoms with Crippen molar-refractivity contribution in [1.82, 2.24) is 20.2 Å². The number of hydrogen-bond acceptors (Lipinski definition) is 6. The summed E-state index contributed by atoms with van der Waals surface area (Å²) >= 11 is 13.3. The van der Waals surface area contributed by atoms with Crippen LogP contribution in [-0.4, -0.2) is 26.2 Å². The number of nitrogens with zero attached hydrogens (tertiary/aromatic N) is 4. The van der Waals surface area contributed by atoms with Crippen LogP contribution in [0, 0.1) is 0 Å². The van der Waals surface area contributed by atoms with Crippen LogP contribution in [0.4, 0.5) is 0 Å². The van der Waals surface area contributed by atoms with Gasteiger partial charge in [0.25, 0.3) is 0 Å². The number of rotatable bonds is 5. The molecule has 0 aliphatic carbocycles. The van der Waals surface area contributed by atoms with Gasteiger partial charge in [0.05, 0.1) is 10.0 Å². The minimum absolute atomic E-state index is 0.0990. The van der Waals surface area contributed by atoms with Crippen molar-refractivity contribution in [2.24, 2.45) is 0 Å². The number of ether oxygens (including phenoxy) is 1. The number of benzene rings is 1. The molecule has 0 bridgehead atoms. The van der Waals surface area contributed by atoms with Gasteiger partial charge in [0.15, 0.2) is 6.54 Å². The maximum Gasteiger partial charge on any atom is 0.330 e. The molecule has 0 atom stereocenters. The lowest BCUT2D eigenvalue weighted by molar-refractivity contribution is -0.146. The molecule has 0 saturated heterocycles. The fourth-order valence-electron chi connectivity index (χ4n) is 1.77. The molecular weight excluding hydrogens is 359 g/mol. The van der Waals surface area contributed by atoms with Crippen molar-refractivity contribution >= 4 is 40.5 Å². The third-order valence-corrected chi connectivity index (χ3v) is 4.31. The second kappa shape index (κ2) is 7.08. The summed E-state index contributed by atoms with van der Waals surface area (Å²) in [6.45, 7) is -0.0136. The van der Waals surface area contributed by atoms with E-state index in [9.17, 15) is 4.79 Å². The molecule has 2 aromatic heterocycles. The molecule has 118 valence electrons. The first kappa shape index (κ1) is 15.9. The Kier molecular flexibility index (Phi) is 4.90. The SMILES string of the molecule is O=C(Cn1nnc(-c2ccsc2)n1)OCc1ccc(Cl)c(Cl)c1. The monoisotopic (exact) mass is 368 g/mol. The first-order valence-corrected chi connectivity index (χ1v) is 8.21. The van der Waals surface area contributed by atoms with Crippen LogP contribution in [0.15, 0.2) is 35.0 Å². The lowest BCUT2D eigenvalue weighted by Gasteiger charge is -2.05. The summed E-state index contributed by atoms with van der Waals surface area (Å²) in [5, 5.41) is 16.6. The number of esters is 1. The van der Waals surface area contributed by atoms with E-state index in [4.69, 9.17) is 27.9 Å². The van der Waals surface area contributed by atoms with Crippen LogP contribution in [0.25, 0.3) is 11.4 Å². The number of tetrazole rings is 1. The first-order chi connectivity index (χ1) is 11.1. The minimum Gasteiger partial charge on any atom is -0.459 e. The Morgan fingerprint density at radius 3 is 2.87 bits per heavy atom. The molecule has 1 aromatic carbocycles. The number of carbonyl (C=O) groups is 1. The standard InChI is InChI=1S/C14H10Cl2N4O2S/c15-11-2-1-9(5-12(11)16)7-22-13(21)6-20-18-14(17-19-20)10-3-4-23-8-10/h1-5,8H,6-7H2. The van der Waals surface area contributed by atoms with Gasteiger partial charge >= 0.3 is 5.97 Å². The zero-order chi connectivity index (χ0) is 16.2. The Morgan fingerprint density at radius 1 is 1.26 bits per heavy atom. The number of aromatic nitrogens is 4. The molecule has 0 unspecified atom stereocenters. The van der Waals surface area contributed by atoms with Crippen molar-refractivity contribution in [3.05, 3.63) is 50.6 Å². The normalized spacial score (nSPS) is 10.7. The largest absolute Gasteiger partial charge is 0.459 e. The van der Waals surface area contributed by atoms with Crippen LogP contribution in [-0.2, 0) is 22.7 Å². The summed E-state index contributed by atoms with van der Waals surface area (Å²) in [6.07, 6.45) is 0. The maximum atomic E-state index is 11.8. The average Bonchev–Trinajstić information content (AvgIpc) is 3.19. The first-order valence-electron chi connectivity index (χ1n) is 6.52. The van der Waals surface area contributed by atoms with Crippen molar-refractivity contribution in [2.75, 3.05) is 0 Å². The van der Waals surface area contributed by atoms with E-state index in [1.54, 1.807) is 18.2 Å². The van der Waals surface area contributed by atoms with Gasteiger partial charge in [-0.3, -0.25) is 0 Å². The molecule has 6 nitrogen and oxygen atoms in total. The van der Waals surface area contributed by atoms with E-state index in [-0.39, 0.29) is 13.2 Å². The van der Waals surface area contributed by atoms with E-state index in [2.05, 4.69) is 15.4 Å². The van der Waals surface area contributed by atoms with E-state index in [0.29, 0.717) is 15.9 Å². The lowest BCUT2D eigenvalue weighted by Crippen LogP contribution is -2.15. The topological polar surface area (TPSA) is 69.9 Å². The van der Waals surface area contributed by atoms with Gasteiger partial charge in [0.1, 0.15) is 6.61 Å². The fraction of sp³-hybridized carbons (Fsp3) is 0.143. The summed E-state index contributed by atoms with van der Waals surface area (Å²) in [5.74, 6) is 0.00822. The molecule has 0 radical (unpaired) electrons. The van der Waals surface area contributed by atoms with Gasteiger partial charge in [-0.25, -0.2) is 4.79 Å². The van der Waals surface area contributed by atoms with Gasteiger partial charge in [0.2, 0.25) is 5.82 Å². The Labute approximate surface area is 145 Å². The molecule has 0 fully saturated rings. The van der Waals surface area contributed by atoms with Crippen molar-refractivity contribution in [1.29, 1.82) is 0 Å². The smallest absolute Gasteiger partial charge is 0.330 e. The summed E-state index contributed by atoms with van der Waals surface area (Å²) in [6, 6.07) is 6.93. The van der Waals surface area contributed by atoms with Crippen LogP contribution in [0.2, 0.25) is 10.0 Å². The third-order valence-electron chi connectivity index (χ3n) is 2.89. The van der Waals surface area contributed by atoms with Crippen LogP contribution >= 0.6 is 34.5 Å². The summed E-state index contributed by atoms with van der Waals surface area (Å²) in [5.41, 5.74) is 1.61. The highest BCUT2D eigenvalue weighted by Gasteiger charge is 2.11. The summed E-state index contributed by atoms with van der Waals surface area (Å²) < 4.78 is 5.16. The summed E-state index contributed by atoms with van der Waals surface area (Å²) in [4.78, 5) is 13.0. The number of hydrogen-bond donors (Lipinski definition) is 0. The van der Waals surface area contributed by atoms with Crippen LogP contribution in [0.3, 0.4) is 0 Å². The van der Waals surface area contributed by atoms with Crippen LogP contribution in [0.1, 0.15) is 5.56 Å². The Hall–Kier alpha value is -1.96. The molecule has 0 aliphatic heterocycles. The lowest BCUT2D eigenvalue weighted by atomic mass is 10.2. The summed E-state index contributed by atoms with van der Waals surface area (Å²) in [7, 11) is 0. The average molecular weight is 369 g/mol. The molecule has 0 saturated carbocycles. The highest BCUT2D eigenvalue weighted by molar-refractivity contribution is 7.08. The molecule has 0 spiro atoms. The molecule has 23 heavy (non-hydrogen) atoms. The van der Waals surface area contributed by atoms with Crippen molar-refractivity contribution in [3.8, 4) is 11.4 Å². The van der Waals surface area contributed by atoms with E-state index in [0.717, 1.165) is 11.1 Å². The fourth-order valence-corrected chi connectivity index (χ4v) is 2.73. The molecular formula is C14H10Cl2N4O2S. The Morgan fingerprint density at radius 2 is 2.13 bits per heavy atom. The van der Waals surface area contributed by atoms with E-state index >= 15 is 0 Å². The van der Waals surface area contributed by atoms with Gasteiger partial charge in [0, 0.05) is 10.9 Å². The predicted octanol–water partition coefficient (Wildman–Crippen LogP) is 3.45. The molecule has 9 heteroatoms. The predicted molar refractivity (Wildman–Crippen MR) is 87.4 cm³/mol. The van der Waals surface area contributed by atoms with Gasteiger partial charge in [-0.15, -0.1) is 10.2 Å². The van der Waals surface area contributed by atoms with Crippen molar-refractivity contribution in [2.45, 2.75) is 13.2 Å². The quantitative estimate of drug-likeness (QED) is 0.645. The Balaban J connectivity index is 1.56. The number of thiophene rings is 1. The molecule has 0 amide bonds. The van der Waals surface area contributed by atoms with E-state index in [1.807, 2.05) is 16.8 Å². The van der Waals surface area contributed by atoms with Crippen LogP contribution < -0.4 is 0 Å².